The van der Waals surface area contributed by atoms with Gasteiger partial charge in [-0.15, -0.1) is 27.7 Å². The second kappa shape index (κ2) is 5.03. The van der Waals surface area contributed by atoms with Gasteiger partial charge in [0.25, 0.3) is 5.78 Å². The second-order valence-corrected chi connectivity index (χ2v) is 6.90. The van der Waals surface area contributed by atoms with Crippen LogP contribution in [0.3, 0.4) is 0 Å². The molecule has 2 atom stereocenters. The van der Waals surface area contributed by atoms with Crippen LogP contribution in [0.4, 0.5) is 0 Å². The number of hydrogen-bond donors (Lipinski definition) is 1. The maximum Gasteiger partial charge on any atom is 0.313 e. The summed E-state index contributed by atoms with van der Waals surface area (Å²) in [5.41, 5.74) is -1.22. The third-order valence-corrected chi connectivity index (χ3v) is 5.53. The first-order chi connectivity index (χ1) is 9.98. The van der Waals surface area contributed by atoms with Crippen LogP contribution < -0.4 is 0 Å². The summed E-state index contributed by atoms with van der Waals surface area (Å²) in [5.74, 6) is -0.395. The lowest BCUT2D eigenvalue weighted by Gasteiger charge is -2.27. The molecule has 0 radical (unpaired) electrons. The van der Waals surface area contributed by atoms with Gasteiger partial charge in [0, 0.05) is 6.92 Å². The van der Waals surface area contributed by atoms with E-state index in [1.54, 1.807) is 24.4 Å². The summed E-state index contributed by atoms with van der Waals surface area (Å²) in [7, 11) is 0. The Morgan fingerprint density at radius 3 is 2.62 bits per heavy atom. The Balaban J connectivity index is 2.12. The summed E-state index contributed by atoms with van der Waals surface area (Å²) >= 11 is 2.68. The van der Waals surface area contributed by atoms with Crippen molar-refractivity contribution >= 4 is 34.2 Å². The molecule has 110 valence electrons. The van der Waals surface area contributed by atoms with Gasteiger partial charge in [0.05, 0.1) is 9.75 Å². The third-order valence-electron chi connectivity index (χ3n) is 3.77. The van der Waals surface area contributed by atoms with Gasteiger partial charge in [-0.1, -0.05) is 12.1 Å². The van der Waals surface area contributed by atoms with Crippen molar-refractivity contribution in [2.24, 2.45) is 0 Å². The van der Waals surface area contributed by atoms with Crippen LogP contribution in [0, 0.1) is 5.21 Å². The van der Waals surface area contributed by atoms with Gasteiger partial charge in [-0.05, 0) is 29.8 Å². The van der Waals surface area contributed by atoms with Crippen molar-refractivity contribution in [3.8, 4) is 0 Å². The van der Waals surface area contributed by atoms with Crippen LogP contribution in [-0.4, -0.2) is 38.2 Å². The molecular formula is C14H14N2O3S2. The Labute approximate surface area is 129 Å². The van der Waals surface area contributed by atoms with Crippen LogP contribution in [0.5, 0.6) is 0 Å². The van der Waals surface area contributed by atoms with Gasteiger partial charge in [0.15, 0.2) is 0 Å². The van der Waals surface area contributed by atoms with Crippen LogP contribution in [0.2, 0.25) is 0 Å². The molecule has 3 heterocycles. The summed E-state index contributed by atoms with van der Waals surface area (Å²) in [5, 5.41) is 27.6. The maximum absolute atomic E-state index is 12.8. The number of nitrogens with zero attached hydrogens (tertiary/aromatic N) is 2. The summed E-state index contributed by atoms with van der Waals surface area (Å²) in [6, 6.07) is 6.52. The molecule has 2 aromatic heterocycles. The number of rotatable bonds is 3. The van der Waals surface area contributed by atoms with E-state index in [1.807, 2.05) is 17.5 Å². The van der Waals surface area contributed by atoms with Crippen molar-refractivity contribution in [3.63, 3.8) is 0 Å². The maximum atomic E-state index is 12.8. The molecule has 0 saturated carbocycles. The third kappa shape index (κ3) is 1.96. The molecule has 21 heavy (non-hydrogen) atoms. The number of thiophene rings is 2. The van der Waals surface area contributed by atoms with E-state index in [2.05, 4.69) is 0 Å². The highest BCUT2D eigenvalue weighted by molar-refractivity contribution is 7.12. The fourth-order valence-corrected chi connectivity index (χ4v) is 4.15. The van der Waals surface area contributed by atoms with E-state index in [1.165, 1.54) is 29.6 Å². The van der Waals surface area contributed by atoms with Crippen LogP contribution in [0.15, 0.2) is 35.0 Å². The standard InChI is InChI=1S/C14H14N2O3S2/c1-9-12(10-5-3-7-20-10)16(19)14(2,15(9)18)13(17)11-6-4-8-21-11/h3-9,18H,1-2H3/t9-,14-/m0/s1. The van der Waals surface area contributed by atoms with Crippen molar-refractivity contribution in [2.75, 3.05) is 0 Å². The molecule has 0 saturated heterocycles. The number of hydrogen-bond acceptors (Lipinski definition) is 6. The monoisotopic (exact) mass is 322 g/mol. The number of carbonyl (C=O) groups excluding carboxylic acids is 1. The molecule has 0 fully saturated rings. The van der Waals surface area contributed by atoms with E-state index in [9.17, 15) is 15.2 Å². The van der Waals surface area contributed by atoms with E-state index in [-0.39, 0.29) is 0 Å². The van der Waals surface area contributed by atoms with E-state index in [0.29, 0.717) is 15.3 Å². The molecule has 1 aliphatic rings. The molecular weight excluding hydrogens is 308 g/mol. The molecule has 0 unspecified atom stereocenters. The molecule has 0 amide bonds. The van der Waals surface area contributed by atoms with Crippen LogP contribution in [0.25, 0.3) is 0 Å². The van der Waals surface area contributed by atoms with Crippen molar-refractivity contribution < 1.29 is 14.7 Å². The molecule has 0 aromatic carbocycles. The Bertz CT molecular complexity index is 694. The SMILES string of the molecule is C[C@H]1C(c2cccs2)=[N+]([O-])[C@@](C)(C(=O)c2cccs2)N1O. The van der Waals surface area contributed by atoms with E-state index >= 15 is 0 Å². The molecule has 3 rings (SSSR count). The number of Topliss-reactive ketones (excluding diaryl/α,β-unsaturated/α-hetero) is 1. The predicted molar refractivity (Wildman–Crippen MR) is 82.2 cm³/mol. The lowest BCUT2D eigenvalue weighted by molar-refractivity contribution is -0.561. The van der Waals surface area contributed by atoms with E-state index in [4.69, 9.17) is 0 Å². The average molecular weight is 322 g/mol. The number of carbonyl (C=O) groups is 1. The van der Waals surface area contributed by atoms with Crippen molar-refractivity contribution in [1.29, 1.82) is 0 Å². The Kier molecular flexibility index (Phi) is 3.45. The van der Waals surface area contributed by atoms with Crippen molar-refractivity contribution in [2.45, 2.75) is 25.6 Å². The fraction of sp³-hybridized carbons (Fsp3) is 0.286. The summed E-state index contributed by atoms with van der Waals surface area (Å²) < 4.78 is 0.644. The molecule has 1 N–H and O–H groups in total. The number of ketones is 1. The van der Waals surface area contributed by atoms with Crippen molar-refractivity contribution in [3.05, 3.63) is 50.0 Å². The minimum absolute atomic E-state index is 0.395. The summed E-state index contributed by atoms with van der Waals surface area (Å²) in [6.45, 7) is 3.17. The lowest BCUT2D eigenvalue weighted by Crippen LogP contribution is -2.54. The van der Waals surface area contributed by atoms with Gasteiger partial charge in [-0.25, -0.2) is 0 Å². The van der Waals surface area contributed by atoms with E-state index in [0.717, 1.165) is 9.94 Å². The Morgan fingerprint density at radius 1 is 1.38 bits per heavy atom. The van der Waals surface area contributed by atoms with Gasteiger partial charge in [0.1, 0.15) is 6.04 Å². The molecule has 5 nitrogen and oxygen atoms in total. The molecule has 0 bridgehead atoms. The average Bonchev–Trinajstić information content (AvgIpc) is 3.19. The first-order valence-electron chi connectivity index (χ1n) is 6.42. The van der Waals surface area contributed by atoms with Gasteiger partial charge in [-0.2, -0.15) is 4.74 Å². The largest absolute Gasteiger partial charge is 0.622 e. The molecule has 7 heteroatoms. The zero-order valence-electron chi connectivity index (χ0n) is 11.5. The van der Waals surface area contributed by atoms with Crippen molar-refractivity contribution in [1.82, 2.24) is 5.06 Å². The Morgan fingerprint density at radius 2 is 2.05 bits per heavy atom. The first kappa shape index (κ1) is 14.4. The molecule has 1 aliphatic heterocycles. The fourth-order valence-electron chi connectivity index (χ4n) is 2.56. The Hall–Kier alpha value is -1.54. The van der Waals surface area contributed by atoms with Gasteiger partial charge < -0.3 is 10.4 Å². The zero-order chi connectivity index (χ0) is 15.2. The highest BCUT2D eigenvalue weighted by Gasteiger charge is 2.58. The minimum Gasteiger partial charge on any atom is -0.622 e. The van der Waals surface area contributed by atoms with Crippen LogP contribution >= 0.6 is 22.7 Å². The highest BCUT2D eigenvalue weighted by atomic mass is 32.1. The lowest BCUT2D eigenvalue weighted by atomic mass is 10.1. The van der Waals surface area contributed by atoms with E-state index < -0.39 is 17.5 Å². The highest BCUT2D eigenvalue weighted by Crippen LogP contribution is 2.32. The summed E-state index contributed by atoms with van der Waals surface area (Å²) in [4.78, 5) is 13.9. The zero-order valence-corrected chi connectivity index (χ0v) is 13.1. The molecule has 2 aromatic rings. The van der Waals surface area contributed by atoms with Crippen LogP contribution in [-0.2, 0) is 0 Å². The molecule has 0 spiro atoms. The van der Waals surface area contributed by atoms with Crippen LogP contribution in [0.1, 0.15) is 28.4 Å². The summed E-state index contributed by atoms with van der Waals surface area (Å²) in [6.07, 6.45) is 0. The first-order valence-corrected chi connectivity index (χ1v) is 8.18. The minimum atomic E-state index is -1.64. The van der Waals surface area contributed by atoms with Gasteiger partial charge in [0.2, 0.25) is 5.71 Å². The van der Waals surface area contributed by atoms with Gasteiger partial charge >= 0.3 is 5.66 Å². The second-order valence-electron chi connectivity index (χ2n) is 5.00. The number of hydroxylamine groups is 3. The normalized spacial score (nSPS) is 26.5. The molecule has 0 aliphatic carbocycles. The smallest absolute Gasteiger partial charge is 0.313 e. The quantitative estimate of drug-likeness (QED) is 0.536. The van der Waals surface area contributed by atoms with Gasteiger partial charge in [-0.3, -0.25) is 4.79 Å². The predicted octanol–water partition coefficient (Wildman–Crippen LogP) is 2.80. The topological polar surface area (TPSA) is 66.6 Å².